The molecule has 1 heterocycles. The summed E-state index contributed by atoms with van der Waals surface area (Å²) in [5.41, 5.74) is 0.336. The van der Waals surface area contributed by atoms with Gasteiger partial charge in [0.05, 0.1) is 17.2 Å². The second-order valence-electron chi connectivity index (χ2n) is 4.55. The van der Waals surface area contributed by atoms with Gasteiger partial charge in [-0.25, -0.2) is 5.43 Å². The number of rotatable bonds is 5. The number of carbonyl (C=O) groups excluding carboxylic acids is 1. The van der Waals surface area contributed by atoms with Crippen molar-refractivity contribution in [2.24, 2.45) is 5.10 Å². The quantitative estimate of drug-likeness (QED) is 0.504. The van der Waals surface area contributed by atoms with E-state index in [1.54, 1.807) is 0 Å². The van der Waals surface area contributed by atoms with Gasteiger partial charge in [-0.1, -0.05) is 12.1 Å². The summed E-state index contributed by atoms with van der Waals surface area (Å²) in [6, 6.07) is 6.81. The largest absolute Gasteiger partial charge is 0.433 e. The van der Waals surface area contributed by atoms with E-state index in [-0.39, 0.29) is 5.76 Å². The van der Waals surface area contributed by atoms with E-state index in [9.17, 15) is 28.1 Å². The molecule has 1 aromatic carbocycles. The van der Waals surface area contributed by atoms with Crippen LogP contribution in [0.1, 0.15) is 21.7 Å². The molecule has 2 aromatic rings. The first-order chi connectivity index (χ1) is 11.8. The second kappa shape index (κ2) is 7.43. The van der Waals surface area contributed by atoms with Gasteiger partial charge in [0.2, 0.25) is 0 Å². The Morgan fingerprint density at radius 1 is 1.24 bits per heavy atom. The van der Waals surface area contributed by atoms with Crippen molar-refractivity contribution in [2.45, 2.75) is 6.18 Å². The van der Waals surface area contributed by atoms with Gasteiger partial charge in [-0.05, 0) is 30.4 Å². The fourth-order valence-electron chi connectivity index (χ4n) is 1.80. The molecule has 130 valence electrons. The van der Waals surface area contributed by atoms with Crippen LogP contribution in [0.3, 0.4) is 0 Å². The second-order valence-corrected chi connectivity index (χ2v) is 4.55. The maximum absolute atomic E-state index is 12.8. The summed E-state index contributed by atoms with van der Waals surface area (Å²) >= 11 is 0. The van der Waals surface area contributed by atoms with Crippen molar-refractivity contribution < 1.29 is 27.3 Å². The van der Waals surface area contributed by atoms with Crippen molar-refractivity contribution >= 4 is 24.1 Å². The molecule has 1 amide bonds. The van der Waals surface area contributed by atoms with Crippen LogP contribution in [0.4, 0.5) is 19.1 Å². The smallest absolute Gasteiger partial charge is 0.401 e. The number of amides is 1. The van der Waals surface area contributed by atoms with Crippen molar-refractivity contribution in [3.63, 3.8) is 0 Å². The third kappa shape index (κ3) is 4.77. The third-order valence-electron chi connectivity index (χ3n) is 2.86. The maximum atomic E-state index is 12.8. The molecule has 0 bridgehead atoms. The minimum absolute atomic E-state index is 0.173. The first-order valence-corrected chi connectivity index (χ1v) is 6.69. The minimum atomic E-state index is -4.66. The number of nitro groups is 1. The number of halogens is 3. The highest BCUT2D eigenvalue weighted by molar-refractivity contribution is 5.96. The summed E-state index contributed by atoms with van der Waals surface area (Å²) in [6.45, 7) is 0. The van der Waals surface area contributed by atoms with Crippen LogP contribution >= 0.6 is 0 Å². The van der Waals surface area contributed by atoms with Crippen molar-refractivity contribution in [1.82, 2.24) is 5.43 Å². The first kappa shape index (κ1) is 17.9. The van der Waals surface area contributed by atoms with Crippen molar-refractivity contribution in [3.8, 4) is 0 Å². The monoisotopic (exact) mass is 353 g/mol. The Morgan fingerprint density at radius 3 is 2.60 bits per heavy atom. The summed E-state index contributed by atoms with van der Waals surface area (Å²) < 4.78 is 43.3. The van der Waals surface area contributed by atoms with Crippen LogP contribution in [0.25, 0.3) is 6.08 Å². The molecule has 0 saturated heterocycles. The fourth-order valence-corrected chi connectivity index (χ4v) is 1.80. The van der Waals surface area contributed by atoms with Gasteiger partial charge in [-0.15, -0.1) is 0 Å². The molecule has 0 unspecified atom stereocenters. The minimum Gasteiger partial charge on any atom is -0.401 e. The van der Waals surface area contributed by atoms with Crippen LogP contribution in [-0.2, 0) is 6.18 Å². The molecule has 0 radical (unpaired) electrons. The number of nitrogens with one attached hydrogen (secondary N) is 1. The number of benzene rings is 1. The molecule has 0 saturated carbocycles. The Kier molecular flexibility index (Phi) is 5.32. The first-order valence-electron chi connectivity index (χ1n) is 6.69. The van der Waals surface area contributed by atoms with E-state index in [4.69, 9.17) is 4.42 Å². The number of hydrazone groups is 1. The maximum Gasteiger partial charge on any atom is 0.433 e. The van der Waals surface area contributed by atoms with Crippen LogP contribution in [0.15, 0.2) is 52.0 Å². The van der Waals surface area contributed by atoms with E-state index < -0.39 is 34.0 Å². The Balaban J connectivity index is 1.99. The predicted molar refractivity (Wildman–Crippen MR) is 81.8 cm³/mol. The van der Waals surface area contributed by atoms with E-state index >= 15 is 0 Å². The van der Waals surface area contributed by atoms with Crippen LogP contribution < -0.4 is 5.43 Å². The number of hydrogen-bond acceptors (Lipinski definition) is 5. The zero-order chi connectivity index (χ0) is 18.4. The zero-order valence-corrected chi connectivity index (χ0v) is 12.4. The molecule has 0 aliphatic carbocycles. The Bertz CT molecular complexity index is 841. The molecule has 25 heavy (non-hydrogen) atoms. The average molecular weight is 353 g/mol. The predicted octanol–water partition coefficient (Wildman–Crippen LogP) is 3.64. The lowest BCUT2D eigenvalue weighted by Crippen LogP contribution is -2.22. The standard InChI is InChI=1S/C15H10F3N3O4/c16-15(17,18)12-6-2-1-5-11(12)14(22)20-19-9-3-4-10-7-8-13(25-10)21(23)24/h1-9H,(H,20,22)/b4-3+,19-9+. The van der Waals surface area contributed by atoms with Crippen molar-refractivity contribution in [1.29, 1.82) is 0 Å². The topological polar surface area (TPSA) is 97.7 Å². The van der Waals surface area contributed by atoms with Gasteiger partial charge in [-0.3, -0.25) is 14.9 Å². The van der Waals surface area contributed by atoms with Gasteiger partial charge >= 0.3 is 12.1 Å². The van der Waals surface area contributed by atoms with Crippen molar-refractivity contribution in [3.05, 3.63) is 69.5 Å². The van der Waals surface area contributed by atoms with Gasteiger partial charge in [0, 0.05) is 6.21 Å². The van der Waals surface area contributed by atoms with E-state index in [1.807, 2.05) is 5.43 Å². The molecule has 0 atom stereocenters. The van der Waals surface area contributed by atoms with Gasteiger partial charge in [-0.2, -0.15) is 18.3 Å². The summed E-state index contributed by atoms with van der Waals surface area (Å²) in [4.78, 5) is 21.5. The van der Waals surface area contributed by atoms with Crippen LogP contribution in [0.2, 0.25) is 0 Å². The molecule has 1 aromatic heterocycles. The molecule has 1 N–H and O–H groups in total. The number of hydrogen-bond donors (Lipinski definition) is 1. The van der Waals surface area contributed by atoms with E-state index in [1.165, 1.54) is 30.4 Å². The molecule has 7 nitrogen and oxygen atoms in total. The Labute approximate surface area is 138 Å². The van der Waals surface area contributed by atoms with Crippen molar-refractivity contribution in [2.75, 3.05) is 0 Å². The summed E-state index contributed by atoms with van der Waals surface area (Å²) in [7, 11) is 0. The number of furan rings is 1. The highest BCUT2D eigenvalue weighted by Gasteiger charge is 2.34. The fraction of sp³-hybridized carbons (Fsp3) is 0.0667. The number of alkyl halides is 3. The van der Waals surface area contributed by atoms with Gasteiger partial charge < -0.3 is 4.42 Å². The van der Waals surface area contributed by atoms with Gasteiger partial charge in [0.15, 0.2) is 0 Å². The summed E-state index contributed by atoms with van der Waals surface area (Å²) in [6.07, 6.45) is -0.959. The van der Waals surface area contributed by atoms with Crippen LogP contribution in [0.5, 0.6) is 0 Å². The molecular weight excluding hydrogens is 343 g/mol. The summed E-state index contributed by atoms with van der Waals surface area (Å²) in [5, 5.41) is 13.9. The molecule has 0 fully saturated rings. The molecule has 0 aliphatic heterocycles. The van der Waals surface area contributed by atoms with E-state index in [2.05, 4.69) is 5.10 Å². The molecule has 10 heteroatoms. The third-order valence-corrected chi connectivity index (χ3v) is 2.86. The van der Waals surface area contributed by atoms with E-state index in [0.29, 0.717) is 0 Å². The van der Waals surface area contributed by atoms with Gasteiger partial charge in [0.1, 0.15) is 10.7 Å². The molecule has 2 rings (SSSR count). The van der Waals surface area contributed by atoms with Crippen LogP contribution in [0, 0.1) is 10.1 Å². The van der Waals surface area contributed by atoms with E-state index in [0.717, 1.165) is 24.4 Å². The summed E-state index contributed by atoms with van der Waals surface area (Å²) in [5.74, 6) is -1.29. The average Bonchev–Trinajstić information content (AvgIpc) is 3.03. The SMILES string of the molecule is O=C(N/N=C/C=C/c1ccc([N+](=O)[O-])o1)c1ccccc1C(F)(F)F. The number of nitrogens with zero attached hydrogens (tertiary/aromatic N) is 2. The number of allylic oxidation sites excluding steroid dienone is 1. The highest BCUT2D eigenvalue weighted by atomic mass is 19.4. The highest BCUT2D eigenvalue weighted by Crippen LogP contribution is 2.31. The molecular formula is C15H10F3N3O4. The Hall–Kier alpha value is -3.43. The van der Waals surface area contributed by atoms with Gasteiger partial charge in [0.25, 0.3) is 5.91 Å². The molecule has 0 aliphatic rings. The van der Waals surface area contributed by atoms with Crippen LogP contribution in [-0.4, -0.2) is 17.0 Å². The lowest BCUT2D eigenvalue weighted by Gasteiger charge is -2.10. The lowest BCUT2D eigenvalue weighted by molar-refractivity contribution is -0.402. The molecule has 0 spiro atoms. The normalized spacial score (nSPS) is 12.0. The zero-order valence-electron chi connectivity index (χ0n) is 12.4. The number of carbonyl (C=O) groups is 1. The Morgan fingerprint density at radius 2 is 1.96 bits per heavy atom. The lowest BCUT2D eigenvalue weighted by atomic mass is 10.1.